The summed E-state index contributed by atoms with van der Waals surface area (Å²) in [6.07, 6.45) is 0.757. The first-order valence-electron chi connectivity index (χ1n) is 5.71. The monoisotopic (exact) mass is 336 g/mol. The van der Waals surface area contributed by atoms with Crippen molar-refractivity contribution in [2.24, 2.45) is 0 Å². The van der Waals surface area contributed by atoms with Crippen LogP contribution in [0.15, 0.2) is 40.9 Å². The Morgan fingerprint density at radius 3 is 2.63 bits per heavy atom. The van der Waals surface area contributed by atoms with Crippen LogP contribution in [-0.2, 0) is 6.42 Å². The van der Waals surface area contributed by atoms with Crippen molar-refractivity contribution in [1.29, 1.82) is 0 Å². The molecule has 3 aromatic rings. The molecule has 0 aliphatic carbocycles. The number of hydrogen-bond acceptors (Lipinski definition) is 3. The van der Waals surface area contributed by atoms with Gasteiger partial charge in [-0.3, -0.25) is 0 Å². The molecule has 1 heterocycles. The van der Waals surface area contributed by atoms with E-state index in [1.54, 1.807) is 12.1 Å². The summed E-state index contributed by atoms with van der Waals surface area (Å²) >= 11 is 4.98. The van der Waals surface area contributed by atoms with E-state index in [1.807, 2.05) is 6.07 Å². The lowest BCUT2D eigenvalue weighted by atomic mass is 10.1. The summed E-state index contributed by atoms with van der Waals surface area (Å²) in [4.78, 5) is 4.27. The van der Waals surface area contributed by atoms with Gasteiger partial charge in [-0.15, -0.1) is 0 Å². The zero-order valence-electron chi connectivity index (χ0n) is 9.86. The number of anilines is 1. The van der Waals surface area contributed by atoms with Crippen LogP contribution < -0.4 is 5.73 Å². The molecular formula is C14H10BrFN2S. The molecule has 0 fully saturated rings. The van der Waals surface area contributed by atoms with Crippen molar-refractivity contribution in [3.05, 3.63) is 57.8 Å². The van der Waals surface area contributed by atoms with E-state index >= 15 is 0 Å². The van der Waals surface area contributed by atoms with Gasteiger partial charge in [-0.05, 0) is 57.7 Å². The van der Waals surface area contributed by atoms with Crippen LogP contribution in [0.5, 0.6) is 0 Å². The van der Waals surface area contributed by atoms with E-state index in [0.717, 1.165) is 32.2 Å². The average Bonchev–Trinajstić information content (AvgIpc) is 2.73. The Kier molecular flexibility index (Phi) is 3.24. The summed E-state index contributed by atoms with van der Waals surface area (Å²) in [6.45, 7) is 0. The van der Waals surface area contributed by atoms with E-state index in [2.05, 4.69) is 27.0 Å². The van der Waals surface area contributed by atoms with E-state index < -0.39 is 0 Å². The van der Waals surface area contributed by atoms with Crippen LogP contribution in [0.2, 0.25) is 0 Å². The van der Waals surface area contributed by atoms with Crippen LogP contribution in [0, 0.1) is 5.82 Å². The second-order valence-corrected chi connectivity index (χ2v) is 6.20. The quantitative estimate of drug-likeness (QED) is 0.754. The molecule has 1 aromatic heterocycles. The molecule has 2 N–H and O–H groups in total. The van der Waals surface area contributed by atoms with Crippen molar-refractivity contribution >= 4 is 42.6 Å². The smallest absolute Gasteiger partial charge is 0.181 e. The third kappa shape index (κ3) is 2.62. The molecule has 0 radical (unpaired) electrons. The number of thiazole rings is 1. The second-order valence-electron chi connectivity index (χ2n) is 4.28. The summed E-state index contributed by atoms with van der Waals surface area (Å²) in [5.41, 5.74) is 8.84. The lowest BCUT2D eigenvalue weighted by Crippen LogP contribution is -1.89. The minimum absolute atomic E-state index is 0.212. The number of rotatable bonds is 2. The zero-order valence-corrected chi connectivity index (χ0v) is 12.3. The van der Waals surface area contributed by atoms with Crippen molar-refractivity contribution in [3.63, 3.8) is 0 Å². The highest BCUT2D eigenvalue weighted by atomic mass is 79.9. The van der Waals surface area contributed by atoms with Gasteiger partial charge in [0.2, 0.25) is 0 Å². The molecule has 0 saturated heterocycles. The summed E-state index contributed by atoms with van der Waals surface area (Å²) in [6, 6.07) is 10.7. The molecule has 96 valence electrons. The van der Waals surface area contributed by atoms with Gasteiger partial charge in [0, 0.05) is 4.47 Å². The maximum Gasteiger partial charge on any atom is 0.181 e. The highest BCUT2D eigenvalue weighted by Crippen LogP contribution is 2.31. The largest absolute Gasteiger partial charge is 0.375 e. The summed E-state index contributed by atoms with van der Waals surface area (Å²) < 4.78 is 14.9. The minimum Gasteiger partial charge on any atom is -0.375 e. The van der Waals surface area contributed by atoms with Gasteiger partial charge in [-0.1, -0.05) is 23.5 Å². The standard InChI is InChI=1S/C14H10BrFN2S/c15-11-6-9(5-8-1-3-10(16)4-2-8)7-12-13(11)18-14(17)19-12/h1-4,6-7H,5H2,(H2,17,18). The number of nitrogen functional groups attached to an aromatic ring is 1. The average molecular weight is 337 g/mol. The van der Waals surface area contributed by atoms with Crippen LogP contribution in [0.3, 0.4) is 0 Å². The number of aromatic nitrogens is 1. The van der Waals surface area contributed by atoms with Gasteiger partial charge in [0.05, 0.1) is 10.2 Å². The van der Waals surface area contributed by atoms with Gasteiger partial charge < -0.3 is 5.73 Å². The molecular weight excluding hydrogens is 327 g/mol. The molecule has 0 aliphatic rings. The van der Waals surface area contributed by atoms with Crippen molar-refractivity contribution in [1.82, 2.24) is 4.98 Å². The summed E-state index contributed by atoms with van der Waals surface area (Å²) in [5, 5.41) is 0.564. The maximum atomic E-state index is 12.9. The van der Waals surface area contributed by atoms with Gasteiger partial charge in [-0.2, -0.15) is 0 Å². The van der Waals surface area contributed by atoms with Crippen LogP contribution in [0.25, 0.3) is 10.2 Å². The highest BCUT2D eigenvalue weighted by molar-refractivity contribution is 9.10. The lowest BCUT2D eigenvalue weighted by molar-refractivity contribution is 0.627. The first-order valence-corrected chi connectivity index (χ1v) is 7.31. The van der Waals surface area contributed by atoms with Gasteiger partial charge in [0.25, 0.3) is 0 Å². The number of hydrogen-bond donors (Lipinski definition) is 1. The van der Waals surface area contributed by atoms with E-state index in [0.29, 0.717) is 5.13 Å². The molecule has 0 amide bonds. The molecule has 5 heteroatoms. The van der Waals surface area contributed by atoms with Gasteiger partial charge in [0.15, 0.2) is 5.13 Å². The molecule has 2 nitrogen and oxygen atoms in total. The molecule has 2 aromatic carbocycles. The molecule has 0 atom stereocenters. The predicted molar refractivity (Wildman–Crippen MR) is 80.9 cm³/mol. The fourth-order valence-corrected chi connectivity index (χ4v) is 3.55. The fraction of sp³-hybridized carbons (Fsp3) is 0.0714. The van der Waals surface area contributed by atoms with Crippen LogP contribution in [0.4, 0.5) is 9.52 Å². The third-order valence-corrected chi connectivity index (χ3v) is 4.28. The van der Waals surface area contributed by atoms with Crippen molar-refractivity contribution in [2.75, 3.05) is 5.73 Å². The molecule has 0 bridgehead atoms. The van der Waals surface area contributed by atoms with Crippen LogP contribution in [-0.4, -0.2) is 4.98 Å². The van der Waals surface area contributed by atoms with E-state index in [-0.39, 0.29) is 5.82 Å². The number of halogens is 2. The maximum absolute atomic E-state index is 12.9. The number of benzene rings is 2. The second kappa shape index (κ2) is 4.90. The molecule has 0 unspecified atom stereocenters. The zero-order chi connectivity index (χ0) is 13.4. The summed E-state index contributed by atoms with van der Waals surface area (Å²) in [7, 11) is 0. The SMILES string of the molecule is Nc1nc2c(Br)cc(Cc3ccc(F)cc3)cc2s1. The Labute approximate surface area is 122 Å². The number of nitrogens with zero attached hydrogens (tertiary/aromatic N) is 1. The van der Waals surface area contributed by atoms with Crippen molar-refractivity contribution < 1.29 is 4.39 Å². The molecule has 3 rings (SSSR count). The lowest BCUT2D eigenvalue weighted by Gasteiger charge is -2.03. The Hall–Kier alpha value is -1.46. The molecule has 19 heavy (non-hydrogen) atoms. The van der Waals surface area contributed by atoms with Crippen LogP contribution >= 0.6 is 27.3 Å². The topological polar surface area (TPSA) is 38.9 Å². The molecule has 0 aliphatic heterocycles. The van der Waals surface area contributed by atoms with Crippen molar-refractivity contribution in [2.45, 2.75) is 6.42 Å². The molecule has 0 saturated carbocycles. The van der Waals surface area contributed by atoms with E-state index in [4.69, 9.17) is 5.73 Å². The fourth-order valence-electron chi connectivity index (χ4n) is 2.00. The highest BCUT2D eigenvalue weighted by Gasteiger charge is 2.08. The number of fused-ring (bicyclic) bond motifs is 1. The van der Waals surface area contributed by atoms with Gasteiger partial charge in [-0.25, -0.2) is 9.37 Å². The Bertz CT molecular complexity index is 737. The van der Waals surface area contributed by atoms with Gasteiger partial charge in [0.1, 0.15) is 5.82 Å². The first kappa shape index (κ1) is 12.6. The van der Waals surface area contributed by atoms with Crippen molar-refractivity contribution in [3.8, 4) is 0 Å². The Morgan fingerprint density at radius 2 is 1.89 bits per heavy atom. The van der Waals surface area contributed by atoms with Gasteiger partial charge >= 0.3 is 0 Å². The van der Waals surface area contributed by atoms with Crippen LogP contribution in [0.1, 0.15) is 11.1 Å². The number of nitrogens with two attached hydrogens (primary N) is 1. The van der Waals surface area contributed by atoms with E-state index in [9.17, 15) is 4.39 Å². The normalized spacial score (nSPS) is 11.1. The first-order chi connectivity index (χ1) is 9.11. The predicted octanol–water partition coefficient (Wildman–Crippen LogP) is 4.37. The Balaban J connectivity index is 1.98. The summed E-state index contributed by atoms with van der Waals surface area (Å²) in [5.74, 6) is -0.212. The minimum atomic E-state index is -0.212. The third-order valence-electron chi connectivity index (χ3n) is 2.85. The Morgan fingerprint density at radius 1 is 1.16 bits per heavy atom. The van der Waals surface area contributed by atoms with E-state index in [1.165, 1.54) is 23.5 Å². The molecule has 0 spiro atoms.